The van der Waals surface area contributed by atoms with Gasteiger partial charge in [-0.3, -0.25) is 9.59 Å². The first-order valence-electron chi connectivity index (χ1n) is 8.90. The van der Waals surface area contributed by atoms with Crippen LogP contribution in [0.25, 0.3) is 0 Å². The van der Waals surface area contributed by atoms with Gasteiger partial charge in [-0.1, -0.05) is 52.0 Å². The number of benzene rings is 1. The highest BCUT2D eigenvalue weighted by atomic mass is 16.4. The molecule has 2 N–H and O–H groups in total. The van der Waals surface area contributed by atoms with E-state index >= 15 is 0 Å². The summed E-state index contributed by atoms with van der Waals surface area (Å²) in [6, 6.07) is 8.08. The van der Waals surface area contributed by atoms with E-state index in [-0.39, 0.29) is 30.0 Å². The van der Waals surface area contributed by atoms with Crippen molar-refractivity contribution >= 4 is 11.9 Å². The summed E-state index contributed by atoms with van der Waals surface area (Å²) in [5.41, 5.74) is 3.23. The van der Waals surface area contributed by atoms with E-state index in [1.807, 2.05) is 26.0 Å². The molecule has 1 aromatic carbocycles. The van der Waals surface area contributed by atoms with Gasteiger partial charge in [-0.15, -0.1) is 0 Å². The number of hydrogen-bond acceptors (Lipinski definition) is 3. The van der Waals surface area contributed by atoms with Crippen LogP contribution in [0.1, 0.15) is 72.5 Å². The number of carboxylic acid groups (broad SMARTS) is 1. The summed E-state index contributed by atoms with van der Waals surface area (Å²) in [5, 5.41) is 12.1. The number of carboxylic acids is 1. The van der Waals surface area contributed by atoms with E-state index in [1.54, 1.807) is 6.92 Å². The minimum Gasteiger partial charge on any atom is -0.481 e. The fourth-order valence-electron chi connectivity index (χ4n) is 3.01. The second kappa shape index (κ2) is 8.21. The van der Waals surface area contributed by atoms with Crippen LogP contribution in [0.3, 0.4) is 0 Å². The van der Waals surface area contributed by atoms with Crippen molar-refractivity contribution in [3.8, 4) is 0 Å². The lowest BCUT2D eigenvalue weighted by Crippen LogP contribution is -2.32. The van der Waals surface area contributed by atoms with E-state index in [4.69, 9.17) is 9.52 Å². The second-order valence-corrected chi connectivity index (χ2v) is 7.30. The summed E-state index contributed by atoms with van der Waals surface area (Å²) in [6.07, 6.45) is 1.11. The minimum atomic E-state index is -1.03. The van der Waals surface area contributed by atoms with Crippen LogP contribution in [0.5, 0.6) is 0 Å². The van der Waals surface area contributed by atoms with Gasteiger partial charge in [0.2, 0.25) is 0 Å². The van der Waals surface area contributed by atoms with Crippen LogP contribution in [-0.4, -0.2) is 17.0 Å². The largest absolute Gasteiger partial charge is 0.481 e. The van der Waals surface area contributed by atoms with Crippen LogP contribution in [0.4, 0.5) is 0 Å². The van der Waals surface area contributed by atoms with Gasteiger partial charge in [-0.2, -0.15) is 0 Å². The van der Waals surface area contributed by atoms with Gasteiger partial charge in [0.25, 0.3) is 5.91 Å². The normalized spacial score (nSPS) is 12.4. The number of aliphatic carboxylic acids is 1. The second-order valence-electron chi connectivity index (χ2n) is 7.30. The minimum absolute atomic E-state index is 0.171. The van der Waals surface area contributed by atoms with Crippen molar-refractivity contribution < 1.29 is 19.1 Å². The van der Waals surface area contributed by atoms with Gasteiger partial charge in [0.05, 0.1) is 17.9 Å². The Hall–Kier alpha value is -2.56. The van der Waals surface area contributed by atoms with Gasteiger partial charge in [0.15, 0.2) is 0 Å². The Kier molecular flexibility index (Phi) is 6.24. The number of furan rings is 1. The zero-order valence-corrected chi connectivity index (χ0v) is 16.0. The molecule has 0 spiro atoms. The first-order chi connectivity index (χ1) is 12.2. The first kappa shape index (κ1) is 19.8. The van der Waals surface area contributed by atoms with Gasteiger partial charge in [-0.25, -0.2) is 0 Å². The standard InChI is InChI=1S/C21H27NO4/c1-12(2)15-6-8-16(9-7-15)20(13(3)4)22-21(25)19-14(5)11-26-17(19)10-18(23)24/h6-9,11-13,20H,10H2,1-5H3,(H,22,25)(H,23,24). The molecule has 1 atom stereocenters. The van der Waals surface area contributed by atoms with Crippen LogP contribution in [0.2, 0.25) is 0 Å². The Labute approximate surface area is 154 Å². The van der Waals surface area contributed by atoms with E-state index in [1.165, 1.54) is 11.8 Å². The lowest BCUT2D eigenvalue weighted by molar-refractivity contribution is -0.136. The predicted molar refractivity (Wildman–Crippen MR) is 100 cm³/mol. The molecule has 1 amide bonds. The van der Waals surface area contributed by atoms with Crippen molar-refractivity contribution in [3.05, 3.63) is 58.5 Å². The summed E-state index contributed by atoms with van der Waals surface area (Å²) in [4.78, 5) is 23.8. The molecule has 2 aromatic rings. The Bertz CT molecular complexity index is 772. The molecule has 0 aliphatic heterocycles. The van der Waals surface area contributed by atoms with Crippen molar-refractivity contribution in [2.75, 3.05) is 0 Å². The number of rotatable bonds is 7. The summed E-state index contributed by atoms with van der Waals surface area (Å²) >= 11 is 0. The number of carbonyl (C=O) groups is 2. The van der Waals surface area contributed by atoms with Crippen LogP contribution in [0, 0.1) is 12.8 Å². The SMILES string of the molecule is Cc1coc(CC(=O)O)c1C(=O)NC(c1ccc(C(C)C)cc1)C(C)C. The van der Waals surface area contributed by atoms with Crippen LogP contribution >= 0.6 is 0 Å². The van der Waals surface area contributed by atoms with Crippen molar-refractivity contribution in [3.63, 3.8) is 0 Å². The molecule has 1 unspecified atom stereocenters. The van der Waals surface area contributed by atoms with E-state index in [0.29, 0.717) is 17.0 Å². The third kappa shape index (κ3) is 4.54. The number of amides is 1. The Morgan fingerprint density at radius 2 is 1.65 bits per heavy atom. The maximum absolute atomic E-state index is 12.8. The quantitative estimate of drug-likeness (QED) is 0.766. The molecule has 1 heterocycles. The lowest BCUT2D eigenvalue weighted by Gasteiger charge is -2.23. The maximum atomic E-state index is 12.8. The van der Waals surface area contributed by atoms with Crippen molar-refractivity contribution in [1.82, 2.24) is 5.32 Å². The summed E-state index contributed by atoms with van der Waals surface area (Å²) in [6.45, 7) is 10.1. The number of aryl methyl sites for hydroxylation is 1. The Balaban J connectivity index is 2.26. The molecule has 5 nitrogen and oxygen atoms in total. The monoisotopic (exact) mass is 357 g/mol. The molecule has 140 valence electrons. The highest BCUT2D eigenvalue weighted by molar-refractivity contribution is 5.97. The molecular weight excluding hydrogens is 330 g/mol. The summed E-state index contributed by atoms with van der Waals surface area (Å²) in [7, 11) is 0. The third-order valence-electron chi connectivity index (χ3n) is 4.51. The number of carbonyl (C=O) groups excluding carboxylic acids is 1. The maximum Gasteiger partial charge on any atom is 0.311 e. The molecule has 0 aliphatic rings. The highest BCUT2D eigenvalue weighted by Crippen LogP contribution is 2.26. The van der Waals surface area contributed by atoms with Gasteiger partial charge in [-0.05, 0) is 29.9 Å². The van der Waals surface area contributed by atoms with Gasteiger partial charge >= 0.3 is 5.97 Å². The van der Waals surface area contributed by atoms with E-state index in [2.05, 4.69) is 31.3 Å². The molecule has 0 bridgehead atoms. The van der Waals surface area contributed by atoms with Crippen LogP contribution in [0.15, 0.2) is 34.9 Å². The third-order valence-corrected chi connectivity index (χ3v) is 4.51. The fraction of sp³-hybridized carbons (Fsp3) is 0.429. The molecule has 0 radical (unpaired) electrons. The lowest BCUT2D eigenvalue weighted by atomic mass is 9.93. The predicted octanol–water partition coefficient (Wildman–Crippen LogP) is 4.47. The zero-order chi connectivity index (χ0) is 19.4. The van der Waals surface area contributed by atoms with E-state index < -0.39 is 5.97 Å². The van der Waals surface area contributed by atoms with Crippen molar-refractivity contribution in [2.24, 2.45) is 5.92 Å². The topological polar surface area (TPSA) is 79.5 Å². The first-order valence-corrected chi connectivity index (χ1v) is 8.90. The Morgan fingerprint density at radius 3 is 2.15 bits per heavy atom. The molecule has 1 aromatic heterocycles. The summed E-state index contributed by atoms with van der Waals surface area (Å²) in [5.74, 6) is -0.523. The number of nitrogens with one attached hydrogen (secondary N) is 1. The average molecular weight is 357 g/mol. The molecule has 0 saturated carbocycles. The van der Waals surface area contributed by atoms with Gasteiger partial charge in [0, 0.05) is 5.56 Å². The molecule has 5 heteroatoms. The molecule has 0 saturated heterocycles. The van der Waals surface area contributed by atoms with Crippen molar-refractivity contribution in [2.45, 2.75) is 53.0 Å². The van der Waals surface area contributed by atoms with Gasteiger partial charge in [0.1, 0.15) is 12.2 Å². The van der Waals surface area contributed by atoms with E-state index in [0.717, 1.165) is 5.56 Å². The smallest absolute Gasteiger partial charge is 0.311 e. The molecule has 2 rings (SSSR count). The fourth-order valence-corrected chi connectivity index (χ4v) is 3.01. The molecule has 0 fully saturated rings. The molecular formula is C21H27NO4. The van der Waals surface area contributed by atoms with Gasteiger partial charge < -0.3 is 14.8 Å². The van der Waals surface area contributed by atoms with Crippen LogP contribution < -0.4 is 5.32 Å². The molecule has 26 heavy (non-hydrogen) atoms. The Morgan fingerprint density at radius 1 is 1.08 bits per heavy atom. The van der Waals surface area contributed by atoms with E-state index in [9.17, 15) is 9.59 Å². The highest BCUT2D eigenvalue weighted by Gasteiger charge is 2.25. The number of hydrogen-bond donors (Lipinski definition) is 2. The van der Waals surface area contributed by atoms with Crippen molar-refractivity contribution in [1.29, 1.82) is 0 Å². The average Bonchev–Trinajstić information content (AvgIpc) is 2.92. The van der Waals surface area contributed by atoms with Crippen LogP contribution in [-0.2, 0) is 11.2 Å². The zero-order valence-electron chi connectivity index (χ0n) is 16.0. The summed E-state index contributed by atoms with van der Waals surface area (Å²) < 4.78 is 5.28. The molecule has 0 aliphatic carbocycles.